The normalized spacial score (nSPS) is 20.8. The molecule has 1 aliphatic heterocycles. The van der Waals surface area contributed by atoms with E-state index in [1.807, 2.05) is 0 Å². The molecule has 6 aliphatic rings. The molecule has 10 rings (SSSR count). The summed E-state index contributed by atoms with van der Waals surface area (Å²) in [6.07, 6.45) is 40.3. The number of carbonyl (C=O) groups excluding carboxylic acids is 1. The third-order valence-electron chi connectivity index (χ3n) is 15.2. The quantitative estimate of drug-likeness (QED) is 0.0837. The van der Waals surface area contributed by atoms with E-state index >= 15 is 0 Å². The van der Waals surface area contributed by atoms with E-state index in [0.29, 0.717) is 11.8 Å². The molecule has 0 amide bonds. The molecule has 0 aromatic heterocycles. The molecule has 4 aromatic rings. The van der Waals surface area contributed by atoms with Crippen LogP contribution in [0, 0.1) is 0 Å². The Morgan fingerprint density at radius 1 is 0.588 bits per heavy atom. The van der Waals surface area contributed by atoms with Crippen LogP contribution in [-0.4, -0.2) is 41.5 Å². The average Bonchev–Trinajstić information content (AvgIpc) is 3.84. The summed E-state index contributed by atoms with van der Waals surface area (Å²) in [4.78, 5) is 11.4. The van der Waals surface area contributed by atoms with Crippen molar-refractivity contribution in [2.45, 2.75) is 184 Å². The monoisotopic (exact) mass is 1150 g/mol. The molecular weight excluding hydrogens is 1080 g/mol. The second-order valence-corrected chi connectivity index (χ2v) is 20.5. The number of allylic oxidation sites excluding steroid dienone is 4. The van der Waals surface area contributed by atoms with Gasteiger partial charge in [-0.3, -0.25) is 0 Å². The van der Waals surface area contributed by atoms with Crippen LogP contribution in [0.4, 0.5) is 24.5 Å². The number of hydrogen-bond donors (Lipinski definition) is 0. The third-order valence-corrected chi connectivity index (χ3v) is 15.2. The summed E-state index contributed by atoms with van der Waals surface area (Å²) in [5, 5.41) is 14.7. The van der Waals surface area contributed by atoms with Crippen molar-refractivity contribution in [1.82, 2.24) is 0 Å². The summed E-state index contributed by atoms with van der Waals surface area (Å²) in [7, 11) is 0. The first-order valence-corrected chi connectivity index (χ1v) is 26.9. The van der Waals surface area contributed by atoms with E-state index in [2.05, 4.69) is 101 Å². The van der Waals surface area contributed by atoms with E-state index in [9.17, 15) is 13.2 Å². The van der Waals surface area contributed by atoms with Gasteiger partial charge in [-0.05, 0) is 133 Å². The van der Waals surface area contributed by atoms with E-state index in [0.717, 1.165) is 24.9 Å². The number of halogens is 5. The van der Waals surface area contributed by atoms with Crippen LogP contribution in [0.25, 0.3) is 21.5 Å². The van der Waals surface area contributed by atoms with Gasteiger partial charge in [-0.1, -0.05) is 173 Å². The minimum Gasteiger partial charge on any atom is -0.542 e. The molecule has 1 radical (unpaired) electrons. The largest absolute Gasteiger partial charge is 0.542 e. The Morgan fingerprint density at radius 3 is 1.40 bits per heavy atom. The number of anilines is 1. The number of benzene rings is 4. The first-order chi connectivity index (χ1) is 32.7. The number of alkyl halides is 5. The van der Waals surface area contributed by atoms with Crippen LogP contribution in [0.3, 0.4) is 0 Å². The van der Waals surface area contributed by atoms with Crippen molar-refractivity contribution < 1.29 is 47.8 Å². The predicted octanol–water partition coefficient (Wildman–Crippen LogP) is 16.6. The molecule has 0 bridgehead atoms. The summed E-state index contributed by atoms with van der Waals surface area (Å²) in [5.41, 5.74) is 9.29. The molecule has 68 heavy (non-hydrogen) atoms. The topological polar surface area (TPSA) is 46.4 Å². The Balaban J connectivity index is 0.000000340. The van der Waals surface area contributed by atoms with Crippen LogP contribution in [0.2, 0.25) is 0 Å². The molecule has 5 aliphatic carbocycles. The number of carbonyl (C=O) groups is 1. The van der Waals surface area contributed by atoms with Gasteiger partial charge in [0, 0.05) is 31.5 Å². The van der Waals surface area contributed by atoms with Gasteiger partial charge in [-0.2, -0.15) is 13.2 Å². The molecule has 4 nitrogen and oxygen atoms in total. The first kappa shape index (κ1) is 54.2. The second kappa shape index (κ2) is 27.4. The summed E-state index contributed by atoms with van der Waals surface area (Å²) < 4.78 is 34.1. The maximum absolute atomic E-state index is 10.5. The van der Waals surface area contributed by atoms with Crippen LogP contribution < -0.4 is 10.0 Å². The minimum absolute atomic E-state index is 0. The SMILES string of the molecule is C1=C\CC/C=C\CC/1.ClCCl.O=C([O-])C(F)(F)F.[C-]1=[N+](c2c(C3CCCCC3)ccc3ccc(C4CCCCC4)cc23)CCN1c1c(C2CCCCC2)ccc2ccc(C3CCCCC3)cc12.[Ir]. The number of hydrogen-bond acceptors (Lipinski definition) is 3. The molecule has 0 spiro atoms. The van der Waals surface area contributed by atoms with Gasteiger partial charge in [0.25, 0.3) is 0 Å². The van der Waals surface area contributed by atoms with Crippen LogP contribution in [0.5, 0.6) is 0 Å². The maximum Gasteiger partial charge on any atom is 0.430 e. The number of carboxylic acids is 1. The Kier molecular flexibility index (Phi) is 21.9. The van der Waals surface area contributed by atoms with Crippen molar-refractivity contribution in [3.63, 3.8) is 0 Å². The minimum atomic E-state index is -5.19. The number of aliphatic carboxylic acids is 1. The van der Waals surface area contributed by atoms with Gasteiger partial charge in [0.1, 0.15) is 19.1 Å². The fraction of sp³-hybridized carbons (Fsp3) is 0.552. The molecule has 10 heteroatoms. The van der Waals surface area contributed by atoms with Gasteiger partial charge < -0.3 is 19.4 Å². The van der Waals surface area contributed by atoms with Gasteiger partial charge in [0.15, 0.2) is 0 Å². The van der Waals surface area contributed by atoms with Crippen molar-refractivity contribution in [1.29, 1.82) is 0 Å². The number of carboxylic acid groups (broad SMARTS) is 1. The second-order valence-electron chi connectivity index (χ2n) is 19.7. The van der Waals surface area contributed by atoms with Gasteiger partial charge in [0.05, 0.1) is 5.34 Å². The Morgan fingerprint density at radius 2 is 0.956 bits per heavy atom. The van der Waals surface area contributed by atoms with E-state index in [4.69, 9.17) is 33.1 Å². The molecular formula is C58H72Cl2F3IrN2O2-. The summed E-state index contributed by atoms with van der Waals surface area (Å²) in [6, 6.07) is 25.0. The standard InChI is InChI=1S/C47H58N2.C8H12.C2HF3O2.CH2Cl2.Ir/c1-5-13-34(14-6-1)40-23-21-38-25-27-42(36-17-9-3-10-18-36)46(44(38)31-40)48-29-30-49(33-48)47-43(37-19-11-4-12-20-37)28-26-39-22-24-41(32-45(39)47)35-15-7-2-8-16-35;1-2-4-6-8-7-5-3-1;3-2(4,5)1(6)7;2-1-3;/h21-28,31-32,34-37H,1-20,29-30H2;1-2,7-8H,3-6H2;(H,6,7);1H2;/p-1/b;2-1-,8-7-;;;. The molecule has 0 saturated heterocycles. The van der Waals surface area contributed by atoms with Gasteiger partial charge in [-0.25, -0.2) is 0 Å². The van der Waals surface area contributed by atoms with E-state index < -0.39 is 12.1 Å². The zero-order valence-corrected chi connectivity index (χ0v) is 43.8. The fourth-order valence-electron chi connectivity index (χ4n) is 11.8. The molecule has 1 heterocycles. The molecule has 371 valence electrons. The Hall–Kier alpha value is -3.16. The number of nitrogens with zero attached hydrogens (tertiary/aromatic N) is 2. The number of rotatable bonds is 6. The van der Waals surface area contributed by atoms with Crippen molar-refractivity contribution >= 4 is 68.4 Å². The maximum atomic E-state index is 10.5. The molecule has 4 saturated carbocycles. The predicted molar refractivity (Wildman–Crippen MR) is 273 cm³/mol. The van der Waals surface area contributed by atoms with E-state index in [-0.39, 0.29) is 25.4 Å². The van der Waals surface area contributed by atoms with E-state index in [1.54, 1.807) is 22.3 Å². The summed E-state index contributed by atoms with van der Waals surface area (Å²) in [6.45, 7) is 2.02. The smallest absolute Gasteiger partial charge is 0.430 e. The zero-order valence-electron chi connectivity index (χ0n) is 39.9. The van der Waals surface area contributed by atoms with E-state index in [1.165, 1.54) is 187 Å². The molecule has 4 aromatic carbocycles. The first-order valence-electron chi connectivity index (χ1n) is 25.8. The molecule has 0 unspecified atom stereocenters. The molecule has 0 atom stereocenters. The van der Waals surface area contributed by atoms with Gasteiger partial charge in [0.2, 0.25) is 6.34 Å². The summed E-state index contributed by atoms with van der Waals surface area (Å²) >= 11 is 9.53. The zero-order chi connectivity index (χ0) is 47.0. The van der Waals surface area contributed by atoms with Gasteiger partial charge >= 0.3 is 6.18 Å². The molecule has 4 fully saturated rings. The molecule has 0 N–H and O–H groups in total. The van der Waals surface area contributed by atoms with Crippen molar-refractivity contribution in [2.24, 2.45) is 0 Å². The fourth-order valence-corrected chi connectivity index (χ4v) is 11.8. The number of fused-ring (bicyclic) bond motifs is 2. The van der Waals surface area contributed by atoms with Crippen LogP contribution in [-0.2, 0) is 24.9 Å². The van der Waals surface area contributed by atoms with Crippen LogP contribution >= 0.6 is 23.2 Å². The van der Waals surface area contributed by atoms with Crippen molar-refractivity contribution in [3.05, 3.63) is 107 Å². The Bertz CT molecular complexity index is 2270. The van der Waals surface area contributed by atoms with Crippen molar-refractivity contribution in [2.75, 3.05) is 23.3 Å². The van der Waals surface area contributed by atoms with Crippen LogP contribution in [0.15, 0.2) is 85.0 Å². The van der Waals surface area contributed by atoms with Crippen LogP contribution in [0.1, 0.15) is 200 Å². The third kappa shape index (κ3) is 14.7. The van der Waals surface area contributed by atoms with Crippen molar-refractivity contribution in [3.8, 4) is 0 Å². The Labute approximate surface area is 428 Å². The average molecular weight is 1150 g/mol. The van der Waals surface area contributed by atoms with Gasteiger partial charge in [-0.15, -0.1) is 23.2 Å². The summed E-state index contributed by atoms with van der Waals surface area (Å²) in [5.74, 6) is -0.238.